The number of anilines is 3. The number of hydrogen-bond donors (Lipinski definition) is 2. The quantitative estimate of drug-likeness (QED) is 0.830. The predicted octanol–water partition coefficient (Wildman–Crippen LogP) is 2.37. The molecule has 0 saturated heterocycles. The molecule has 0 bridgehead atoms. The Morgan fingerprint density at radius 2 is 2.04 bits per heavy atom. The fourth-order valence-corrected chi connectivity index (χ4v) is 2.73. The van der Waals surface area contributed by atoms with Crippen molar-refractivity contribution in [2.45, 2.75) is 26.2 Å². The Balaban J connectivity index is 1.66. The Kier molecular flexibility index (Phi) is 5.36. The minimum absolute atomic E-state index is 0.127. The summed E-state index contributed by atoms with van der Waals surface area (Å²) < 4.78 is 5.33. The summed E-state index contributed by atoms with van der Waals surface area (Å²) in [5.74, 6) is 0.325. The van der Waals surface area contributed by atoms with Crippen molar-refractivity contribution in [3.05, 3.63) is 42.0 Å². The fraction of sp³-hybridized carbons (Fsp3) is 0.316. The highest BCUT2D eigenvalue weighted by atomic mass is 16.5. The van der Waals surface area contributed by atoms with Gasteiger partial charge in [0, 0.05) is 5.69 Å². The second-order valence-corrected chi connectivity index (χ2v) is 6.18. The van der Waals surface area contributed by atoms with Gasteiger partial charge in [-0.15, -0.1) is 0 Å². The molecule has 1 aromatic heterocycles. The Morgan fingerprint density at radius 3 is 2.77 bits per heavy atom. The van der Waals surface area contributed by atoms with Crippen LogP contribution in [0.5, 0.6) is 5.75 Å². The van der Waals surface area contributed by atoms with E-state index < -0.39 is 0 Å². The zero-order valence-electron chi connectivity index (χ0n) is 14.7. The van der Waals surface area contributed by atoms with Crippen LogP contribution in [-0.4, -0.2) is 29.9 Å². The topological polar surface area (TPSA) is 97.5 Å². The molecule has 0 fully saturated rings. The number of pyridine rings is 1. The molecular weight excluding hydrogens is 332 g/mol. The van der Waals surface area contributed by atoms with Gasteiger partial charge in [-0.2, -0.15) is 0 Å². The van der Waals surface area contributed by atoms with Gasteiger partial charge in [0.05, 0.1) is 0 Å². The van der Waals surface area contributed by atoms with Gasteiger partial charge in [0.25, 0.3) is 5.91 Å². The lowest BCUT2D eigenvalue weighted by Gasteiger charge is -2.27. The van der Waals surface area contributed by atoms with E-state index in [0.29, 0.717) is 11.4 Å². The highest BCUT2D eigenvalue weighted by molar-refractivity contribution is 6.04. The molecule has 7 nitrogen and oxygen atoms in total. The lowest BCUT2D eigenvalue weighted by molar-refractivity contribution is -0.123. The second-order valence-electron chi connectivity index (χ2n) is 6.18. The number of rotatable bonds is 6. The number of unbranched alkanes of at least 4 members (excludes halogenated alkanes) is 1. The number of fused-ring (bicyclic) bond motifs is 1. The first kappa shape index (κ1) is 17.7. The summed E-state index contributed by atoms with van der Waals surface area (Å²) in [5, 5.41) is 2.81. The van der Waals surface area contributed by atoms with Crippen LogP contribution >= 0.6 is 0 Å². The summed E-state index contributed by atoms with van der Waals surface area (Å²) in [6, 6.07) is 11.0. The van der Waals surface area contributed by atoms with Gasteiger partial charge in [-0.05, 0) is 42.7 Å². The molecule has 0 atom stereocenters. The number of nitrogens with zero attached hydrogens (tertiary/aromatic N) is 2. The minimum Gasteiger partial charge on any atom is -0.480 e. The van der Waals surface area contributed by atoms with Crippen molar-refractivity contribution in [1.29, 1.82) is 0 Å². The smallest absolute Gasteiger partial charge is 0.266 e. The molecule has 2 aromatic rings. The number of hydrogen-bond acceptors (Lipinski definition) is 5. The van der Waals surface area contributed by atoms with Gasteiger partial charge in [-0.3, -0.25) is 14.5 Å². The molecule has 1 aromatic carbocycles. The zero-order chi connectivity index (χ0) is 18.5. The van der Waals surface area contributed by atoms with Crippen molar-refractivity contribution in [2.75, 3.05) is 29.1 Å². The van der Waals surface area contributed by atoms with Crippen LogP contribution in [0.1, 0.15) is 25.3 Å². The Labute approximate surface area is 152 Å². The second kappa shape index (κ2) is 7.86. The molecule has 0 unspecified atom stereocenters. The lowest BCUT2D eigenvalue weighted by Crippen LogP contribution is -2.44. The van der Waals surface area contributed by atoms with Gasteiger partial charge in [-0.25, -0.2) is 4.98 Å². The van der Waals surface area contributed by atoms with E-state index in [1.807, 2.05) is 24.3 Å². The Morgan fingerprint density at radius 1 is 1.27 bits per heavy atom. The first-order valence-electron chi connectivity index (χ1n) is 8.65. The minimum atomic E-state index is -0.333. The number of aromatic nitrogens is 1. The van der Waals surface area contributed by atoms with Crippen molar-refractivity contribution in [2.24, 2.45) is 0 Å². The number of amides is 2. The van der Waals surface area contributed by atoms with E-state index in [1.165, 1.54) is 10.5 Å². The number of nitrogen functional groups attached to an aromatic ring is 1. The molecule has 0 spiro atoms. The van der Waals surface area contributed by atoms with E-state index in [0.717, 1.165) is 19.3 Å². The third-order valence-corrected chi connectivity index (χ3v) is 4.13. The van der Waals surface area contributed by atoms with Crippen LogP contribution in [0.25, 0.3) is 0 Å². The number of aryl methyl sites for hydroxylation is 1. The summed E-state index contributed by atoms with van der Waals surface area (Å²) >= 11 is 0. The Bertz CT molecular complexity index is 805. The maximum absolute atomic E-state index is 12.4. The van der Waals surface area contributed by atoms with Crippen LogP contribution < -0.4 is 20.7 Å². The molecule has 2 amide bonds. The lowest BCUT2D eigenvalue weighted by atomic mass is 10.1. The number of carbonyl (C=O) groups excluding carboxylic acids is 2. The molecule has 2 heterocycles. The average Bonchev–Trinajstić information content (AvgIpc) is 2.63. The van der Waals surface area contributed by atoms with Crippen LogP contribution in [0.4, 0.5) is 17.3 Å². The first-order chi connectivity index (χ1) is 12.6. The molecule has 1 aliphatic rings. The highest BCUT2D eigenvalue weighted by Gasteiger charge is 2.28. The standard InChI is InChI=1S/C19H22N4O3/c1-2-3-4-13-5-7-14(8-6-13)21-17(24)11-23-18(25)12-26-15-9-10-16(20)22-19(15)23/h5-10H,2-4,11-12H2,1H3,(H2,20,22)(H,21,24). The number of ether oxygens (including phenoxy) is 1. The van der Waals surface area contributed by atoms with E-state index in [1.54, 1.807) is 12.1 Å². The normalized spacial score (nSPS) is 13.1. The fourth-order valence-electron chi connectivity index (χ4n) is 2.73. The number of nitrogens with two attached hydrogens (primary N) is 1. The van der Waals surface area contributed by atoms with Gasteiger partial charge < -0.3 is 15.8 Å². The molecule has 0 radical (unpaired) electrons. The van der Waals surface area contributed by atoms with E-state index in [-0.39, 0.29) is 36.6 Å². The molecule has 26 heavy (non-hydrogen) atoms. The summed E-state index contributed by atoms with van der Waals surface area (Å²) in [4.78, 5) is 29.9. The van der Waals surface area contributed by atoms with Gasteiger partial charge in [0.2, 0.25) is 5.91 Å². The van der Waals surface area contributed by atoms with Crippen molar-refractivity contribution in [1.82, 2.24) is 4.98 Å². The summed E-state index contributed by atoms with van der Waals surface area (Å²) in [5.41, 5.74) is 7.62. The highest BCUT2D eigenvalue weighted by Crippen LogP contribution is 2.30. The summed E-state index contributed by atoms with van der Waals surface area (Å²) in [6.07, 6.45) is 3.31. The molecular formula is C19H22N4O3. The summed E-state index contributed by atoms with van der Waals surface area (Å²) in [6.45, 7) is 1.88. The first-order valence-corrected chi connectivity index (χ1v) is 8.65. The third kappa shape index (κ3) is 4.11. The molecule has 3 N–H and O–H groups in total. The van der Waals surface area contributed by atoms with Crippen molar-refractivity contribution in [3.63, 3.8) is 0 Å². The van der Waals surface area contributed by atoms with Crippen molar-refractivity contribution in [3.8, 4) is 5.75 Å². The van der Waals surface area contributed by atoms with E-state index in [4.69, 9.17) is 10.5 Å². The Hall–Kier alpha value is -3.09. The van der Waals surface area contributed by atoms with Crippen LogP contribution in [0, 0.1) is 0 Å². The maximum Gasteiger partial charge on any atom is 0.266 e. The number of nitrogens with one attached hydrogen (secondary N) is 1. The van der Waals surface area contributed by atoms with E-state index >= 15 is 0 Å². The van der Waals surface area contributed by atoms with Crippen LogP contribution in [0.2, 0.25) is 0 Å². The van der Waals surface area contributed by atoms with Crippen LogP contribution in [-0.2, 0) is 16.0 Å². The maximum atomic E-state index is 12.4. The molecule has 1 aliphatic heterocycles. The number of benzene rings is 1. The van der Waals surface area contributed by atoms with Gasteiger partial charge in [0.15, 0.2) is 18.2 Å². The van der Waals surface area contributed by atoms with Gasteiger partial charge >= 0.3 is 0 Å². The van der Waals surface area contributed by atoms with E-state index in [2.05, 4.69) is 17.2 Å². The molecule has 3 rings (SSSR count). The van der Waals surface area contributed by atoms with Crippen LogP contribution in [0.15, 0.2) is 36.4 Å². The molecule has 136 valence electrons. The van der Waals surface area contributed by atoms with Crippen LogP contribution in [0.3, 0.4) is 0 Å². The van der Waals surface area contributed by atoms with Gasteiger partial charge in [-0.1, -0.05) is 25.5 Å². The molecule has 0 aliphatic carbocycles. The monoisotopic (exact) mass is 354 g/mol. The molecule has 7 heteroatoms. The van der Waals surface area contributed by atoms with E-state index in [9.17, 15) is 9.59 Å². The van der Waals surface area contributed by atoms with Gasteiger partial charge in [0.1, 0.15) is 12.4 Å². The van der Waals surface area contributed by atoms with Crippen molar-refractivity contribution >= 4 is 29.1 Å². The van der Waals surface area contributed by atoms with Crippen molar-refractivity contribution < 1.29 is 14.3 Å². The number of carbonyl (C=O) groups is 2. The molecule has 0 saturated carbocycles. The zero-order valence-corrected chi connectivity index (χ0v) is 14.7. The third-order valence-electron chi connectivity index (χ3n) is 4.13. The average molecular weight is 354 g/mol. The largest absolute Gasteiger partial charge is 0.480 e. The predicted molar refractivity (Wildman–Crippen MR) is 100 cm³/mol. The SMILES string of the molecule is CCCCc1ccc(NC(=O)CN2C(=O)COc3ccc(N)nc32)cc1. The summed E-state index contributed by atoms with van der Waals surface area (Å²) in [7, 11) is 0.